The molecule has 0 bridgehead atoms. The molecule has 1 aliphatic heterocycles. The molecule has 1 heterocycles. The zero-order valence-corrected chi connectivity index (χ0v) is 17.1. The van der Waals surface area contributed by atoms with Gasteiger partial charge in [0.1, 0.15) is 5.82 Å². The van der Waals surface area contributed by atoms with Gasteiger partial charge in [-0.1, -0.05) is 31.0 Å². The van der Waals surface area contributed by atoms with Crippen LogP contribution in [0.5, 0.6) is 0 Å². The number of nitrogens with zero attached hydrogens (tertiary/aromatic N) is 1. The Morgan fingerprint density at radius 3 is 2.34 bits per heavy atom. The summed E-state index contributed by atoms with van der Waals surface area (Å²) in [5, 5.41) is 2.90. The van der Waals surface area contributed by atoms with Crippen molar-refractivity contribution in [3.05, 3.63) is 59.9 Å². The number of sulfonamides is 1. The van der Waals surface area contributed by atoms with Crippen LogP contribution in [0.15, 0.2) is 53.4 Å². The minimum Gasteiger partial charge on any atom is -0.325 e. The van der Waals surface area contributed by atoms with E-state index >= 15 is 0 Å². The Labute approximate surface area is 171 Å². The summed E-state index contributed by atoms with van der Waals surface area (Å²) in [6.07, 6.45) is 4.82. The van der Waals surface area contributed by atoms with Crippen LogP contribution < -0.4 is 5.32 Å². The molecule has 2 fully saturated rings. The summed E-state index contributed by atoms with van der Waals surface area (Å²) < 4.78 is 40.9. The number of carbonyl (C=O) groups excluding carboxylic acids is 1. The molecule has 1 amide bonds. The van der Waals surface area contributed by atoms with Crippen LogP contribution in [0.25, 0.3) is 0 Å². The van der Waals surface area contributed by atoms with Crippen molar-refractivity contribution in [1.29, 1.82) is 0 Å². The third-order valence-corrected chi connectivity index (χ3v) is 7.96. The van der Waals surface area contributed by atoms with Crippen molar-refractivity contribution < 1.29 is 17.6 Å². The third-order valence-electron chi connectivity index (χ3n) is 6.06. The van der Waals surface area contributed by atoms with Crippen LogP contribution >= 0.6 is 0 Å². The van der Waals surface area contributed by atoms with E-state index in [9.17, 15) is 17.6 Å². The van der Waals surface area contributed by atoms with E-state index in [2.05, 4.69) is 5.32 Å². The van der Waals surface area contributed by atoms with Gasteiger partial charge >= 0.3 is 0 Å². The molecule has 0 atom stereocenters. The summed E-state index contributed by atoms with van der Waals surface area (Å²) >= 11 is 0. The first-order valence-electron chi connectivity index (χ1n) is 10.1. The van der Waals surface area contributed by atoms with Crippen LogP contribution in [0, 0.1) is 5.82 Å². The van der Waals surface area contributed by atoms with Crippen LogP contribution in [-0.2, 0) is 20.2 Å². The second-order valence-corrected chi connectivity index (χ2v) is 9.83. The highest BCUT2D eigenvalue weighted by Crippen LogP contribution is 2.42. The quantitative estimate of drug-likeness (QED) is 0.799. The number of hydrogen-bond donors (Lipinski definition) is 1. The molecule has 0 aromatic heterocycles. The highest BCUT2D eigenvalue weighted by atomic mass is 32.2. The molecule has 1 aliphatic carbocycles. The molecule has 0 radical (unpaired) electrons. The third kappa shape index (κ3) is 3.81. The molecule has 1 saturated heterocycles. The van der Waals surface area contributed by atoms with Gasteiger partial charge in [0.2, 0.25) is 15.9 Å². The number of halogens is 1. The van der Waals surface area contributed by atoms with E-state index in [1.54, 1.807) is 30.3 Å². The zero-order valence-electron chi connectivity index (χ0n) is 16.2. The van der Waals surface area contributed by atoms with Crippen LogP contribution in [-0.4, -0.2) is 31.7 Å². The van der Waals surface area contributed by atoms with Gasteiger partial charge in [-0.05, 0) is 61.6 Å². The minimum atomic E-state index is -3.56. The topological polar surface area (TPSA) is 66.5 Å². The molecule has 0 spiro atoms. The van der Waals surface area contributed by atoms with Gasteiger partial charge in [0.05, 0.1) is 10.3 Å². The standard InChI is InChI=1S/C22H25FN2O3S/c23-18-8-5-7-17(15-18)22(11-1-2-12-22)21(26)24-19-9-6-10-20(16-19)29(27,28)25-13-3-4-14-25/h5-10,15-16H,1-4,11-14H2,(H,24,26). The van der Waals surface area contributed by atoms with E-state index < -0.39 is 15.4 Å². The van der Waals surface area contributed by atoms with Crippen molar-refractivity contribution in [2.24, 2.45) is 0 Å². The van der Waals surface area contributed by atoms with Crippen LogP contribution in [0.3, 0.4) is 0 Å². The lowest BCUT2D eigenvalue weighted by Crippen LogP contribution is -2.38. The SMILES string of the molecule is O=C(Nc1cccc(S(=O)(=O)N2CCCC2)c1)C1(c2cccc(F)c2)CCCC1. The van der Waals surface area contributed by atoms with Crippen LogP contribution in [0.4, 0.5) is 10.1 Å². The summed E-state index contributed by atoms with van der Waals surface area (Å²) in [7, 11) is -3.56. The Morgan fingerprint density at radius 1 is 0.966 bits per heavy atom. The first kappa shape index (κ1) is 20.0. The smallest absolute Gasteiger partial charge is 0.243 e. The summed E-state index contributed by atoms with van der Waals surface area (Å²) in [4.78, 5) is 13.5. The molecule has 4 rings (SSSR count). The van der Waals surface area contributed by atoms with Crippen molar-refractivity contribution in [3.8, 4) is 0 Å². The van der Waals surface area contributed by atoms with E-state index in [1.165, 1.54) is 22.5 Å². The normalized spacial score (nSPS) is 19.3. The molecule has 1 N–H and O–H groups in total. The van der Waals surface area contributed by atoms with E-state index in [4.69, 9.17) is 0 Å². The summed E-state index contributed by atoms with van der Waals surface area (Å²) in [5.41, 5.74) is 0.331. The lowest BCUT2D eigenvalue weighted by atomic mass is 9.78. The van der Waals surface area contributed by atoms with Crippen LogP contribution in [0.1, 0.15) is 44.1 Å². The minimum absolute atomic E-state index is 0.184. The Hall–Kier alpha value is -2.25. The van der Waals surface area contributed by atoms with Gasteiger partial charge in [-0.25, -0.2) is 12.8 Å². The molecule has 154 valence electrons. The van der Waals surface area contributed by atoms with Crippen molar-refractivity contribution in [1.82, 2.24) is 4.31 Å². The number of benzene rings is 2. The highest BCUT2D eigenvalue weighted by Gasteiger charge is 2.43. The first-order valence-corrected chi connectivity index (χ1v) is 11.5. The van der Waals surface area contributed by atoms with Gasteiger partial charge in [-0.15, -0.1) is 0 Å². The summed E-state index contributed by atoms with van der Waals surface area (Å²) in [6, 6.07) is 12.6. The van der Waals surface area contributed by atoms with Crippen molar-refractivity contribution >= 4 is 21.6 Å². The van der Waals surface area contributed by atoms with Gasteiger partial charge in [-0.2, -0.15) is 4.31 Å². The number of hydrogen-bond acceptors (Lipinski definition) is 3. The monoisotopic (exact) mass is 416 g/mol. The second kappa shape index (κ2) is 7.88. The molecule has 2 aromatic carbocycles. The molecular formula is C22H25FN2O3S. The average Bonchev–Trinajstić information content (AvgIpc) is 3.41. The number of amides is 1. The lowest BCUT2D eigenvalue weighted by Gasteiger charge is -2.28. The number of carbonyl (C=O) groups is 1. The van der Waals surface area contributed by atoms with Gasteiger partial charge in [0, 0.05) is 18.8 Å². The fraction of sp³-hybridized carbons (Fsp3) is 0.409. The summed E-state index contributed by atoms with van der Waals surface area (Å²) in [6.45, 7) is 1.06. The van der Waals surface area contributed by atoms with Gasteiger partial charge in [0.15, 0.2) is 0 Å². The number of rotatable bonds is 5. The van der Waals surface area contributed by atoms with E-state index in [-0.39, 0.29) is 16.6 Å². The number of anilines is 1. The Bertz CT molecular complexity index is 1010. The Morgan fingerprint density at radius 2 is 1.66 bits per heavy atom. The molecule has 1 saturated carbocycles. The molecule has 2 aromatic rings. The van der Waals surface area contributed by atoms with Crippen molar-refractivity contribution in [2.45, 2.75) is 48.8 Å². The van der Waals surface area contributed by atoms with E-state index in [0.29, 0.717) is 37.2 Å². The number of nitrogens with one attached hydrogen (secondary N) is 1. The highest BCUT2D eigenvalue weighted by molar-refractivity contribution is 7.89. The van der Waals surface area contributed by atoms with Gasteiger partial charge < -0.3 is 5.32 Å². The van der Waals surface area contributed by atoms with Gasteiger partial charge in [0.25, 0.3) is 0 Å². The van der Waals surface area contributed by atoms with Crippen LogP contribution in [0.2, 0.25) is 0 Å². The van der Waals surface area contributed by atoms with Crippen molar-refractivity contribution in [3.63, 3.8) is 0 Å². The lowest BCUT2D eigenvalue weighted by molar-refractivity contribution is -0.121. The Balaban J connectivity index is 1.61. The predicted molar refractivity (Wildman–Crippen MR) is 110 cm³/mol. The molecular weight excluding hydrogens is 391 g/mol. The molecule has 7 heteroatoms. The fourth-order valence-electron chi connectivity index (χ4n) is 4.47. The first-order chi connectivity index (χ1) is 13.9. The predicted octanol–water partition coefficient (Wildman–Crippen LogP) is 4.06. The zero-order chi connectivity index (χ0) is 20.5. The molecule has 5 nitrogen and oxygen atoms in total. The van der Waals surface area contributed by atoms with E-state index in [0.717, 1.165) is 25.7 Å². The second-order valence-electron chi connectivity index (χ2n) is 7.89. The molecule has 0 unspecified atom stereocenters. The van der Waals surface area contributed by atoms with Crippen molar-refractivity contribution in [2.75, 3.05) is 18.4 Å². The average molecular weight is 417 g/mol. The maximum atomic E-state index is 13.8. The van der Waals surface area contributed by atoms with E-state index in [1.807, 2.05) is 0 Å². The summed E-state index contributed by atoms with van der Waals surface area (Å²) in [5.74, 6) is -0.573. The van der Waals surface area contributed by atoms with Gasteiger partial charge in [-0.3, -0.25) is 4.79 Å². The fourth-order valence-corrected chi connectivity index (χ4v) is 6.04. The maximum Gasteiger partial charge on any atom is 0.243 e. The maximum absolute atomic E-state index is 13.8. The largest absolute Gasteiger partial charge is 0.325 e. The molecule has 2 aliphatic rings. The Kier molecular flexibility index (Phi) is 5.44. The molecule has 29 heavy (non-hydrogen) atoms.